The molecule has 0 unspecified atom stereocenters. The Labute approximate surface area is 116 Å². The zero-order valence-electron chi connectivity index (χ0n) is 12.1. The molecule has 1 heterocycles. The molecule has 1 aromatic heterocycles. The Hall–Kier alpha value is -1.09. The van der Waals surface area contributed by atoms with Crippen molar-refractivity contribution in [2.75, 3.05) is 6.61 Å². The molecule has 1 N–H and O–H groups in total. The van der Waals surface area contributed by atoms with Crippen molar-refractivity contribution in [1.29, 1.82) is 0 Å². The number of rotatable bonds is 5. The lowest BCUT2D eigenvalue weighted by molar-refractivity contribution is -0.0150. The van der Waals surface area contributed by atoms with E-state index in [0.717, 1.165) is 49.3 Å². The Morgan fingerprint density at radius 1 is 1.32 bits per heavy atom. The molecule has 0 amide bonds. The normalized spacial score (nSPS) is 27.2. The minimum atomic E-state index is -0.704. The molecule has 3 heteroatoms. The van der Waals surface area contributed by atoms with Gasteiger partial charge in [-0.2, -0.15) is 0 Å². The summed E-state index contributed by atoms with van der Waals surface area (Å²) in [4.78, 5) is 4.21. The predicted molar refractivity (Wildman–Crippen MR) is 76.2 cm³/mol. The van der Waals surface area contributed by atoms with Crippen LogP contribution in [0.3, 0.4) is 0 Å². The van der Waals surface area contributed by atoms with Crippen molar-refractivity contribution in [2.24, 2.45) is 5.92 Å². The molecule has 1 saturated carbocycles. The van der Waals surface area contributed by atoms with Gasteiger partial charge in [0.2, 0.25) is 0 Å². The van der Waals surface area contributed by atoms with Crippen LogP contribution in [0.2, 0.25) is 0 Å². The van der Waals surface area contributed by atoms with Crippen LogP contribution in [-0.4, -0.2) is 16.7 Å². The van der Waals surface area contributed by atoms with Crippen molar-refractivity contribution >= 4 is 0 Å². The van der Waals surface area contributed by atoms with Crippen LogP contribution in [0.4, 0.5) is 0 Å². The van der Waals surface area contributed by atoms with E-state index in [1.807, 2.05) is 6.07 Å². The molecule has 1 aliphatic rings. The maximum atomic E-state index is 10.8. The number of hydrogen-bond donors (Lipinski definition) is 1. The van der Waals surface area contributed by atoms with E-state index < -0.39 is 5.60 Å². The maximum Gasteiger partial charge on any atom is 0.137 e. The second-order valence-electron chi connectivity index (χ2n) is 5.64. The first-order valence-corrected chi connectivity index (χ1v) is 7.48. The van der Waals surface area contributed by atoms with Gasteiger partial charge >= 0.3 is 0 Å². The van der Waals surface area contributed by atoms with Crippen LogP contribution < -0.4 is 4.74 Å². The lowest BCUT2D eigenvalue weighted by Crippen LogP contribution is -2.31. The summed E-state index contributed by atoms with van der Waals surface area (Å²) in [5.41, 5.74) is 0.209. The number of aliphatic hydroxyl groups is 1. The van der Waals surface area contributed by atoms with Gasteiger partial charge in [0.05, 0.1) is 18.4 Å². The first kappa shape index (κ1) is 14.3. The van der Waals surface area contributed by atoms with Crippen molar-refractivity contribution in [3.8, 4) is 5.75 Å². The van der Waals surface area contributed by atoms with Crippen molar-refractivity contribution in [3.63, 3.8) is 0 Å². The van der Waals surface area contributed by atoms with Gasteiger partial charge in [-0.15, -0.1) is 0 Å². The molecule has 0 aliphatic heterocycles. The molecule has 0 bridgehead atoms. The number of aromatic nitrogens is 1. The number of ether oxygens (including phenoxy) is 1. The predicted octanol–water partition coefficient (Wildman–Crippen LogP) is 3.66. The Morgan fingerprint density at radius 3 is 2.68 bits per heavy atom. The first-order chi connectivity index (χ1) is 9.18. The average molecular weight is 263 g/mol. The summed E-state index contributed by atoms with van der Waals surface area (Å²) >= 11 is 0. The number of nitrogens with zero attached hydrogens (tertiary/aromatic N) is 1. The third kappa shape index (κ3) is 3.47. The number of hydrogen-bond acceptors (Lipinski definition) is 3. The summed E-state index contributed by atoms with van der Waals surface area (Å²) in [5.74, 6) is 1.54. The van der Waals surface area contributed by atoms with Crippen molar-refractivity contribution in [2.45, 2.75) is 58.0 Å². The van der Waals surface area contributed by atoms with Gasteiger partial charge in [0.15, 0.2) is 0 Å². The molecule has 2 rings (SSSR count). The van der Waals surface area contributed by atoms with Crippen LogP contribution in [0.5, 0.6) is 5.75 Å². The molecular weight excluding hydrogens is 238 g/mol. The molecular formula is C16H25NO2. The third-order valence-electron chi connectivity index (χ3n) is 4.23. The monoisotopic (exact) mass is 263 g/mol. The van der Waals surface area contributed by atoms with Crippen molar-refractivity contribution in [1.82, 2.24) is 4.98 Å². The molecule has 0 saturated heterocycles. The van der Waals surface area contributed by atoms with Crippen LogP contribution in [0.1, 0.15) is 57.9 Å². The second kappa shape index (κ2) is 6.38. The quantitative estimate of drug-likeness (QED) is 0.881. The summed E-state index contributed by atoms with van der Waals surface area (Å²) in [6.45, 7) is 5.01. The Kier molecular flexibility index (Phi) is 4.81. The van der Waals surface area contributed by atoms with E-state index in [2.05, 4.69) is 18.8 Å². The standard InChI is InChI=1S/C16H25NO2/c1-3-9-19-15-10-14(11-17-12-15)16(18)7-5-13(4-2)6-8-16/h10-13,18H,3-9H2,1-2H3. The Balaban J connectivity index is 2.08. The fourth-order valence-electron chi connectivity index (χ4n) is 2.82. The van der Waals surface area contributed by atoms with Crippen LogP contribution >= 0.6 is 0 Å². The molecule has 19 heavy (non-hydrogen) atoms. The van der Waals surface area contributed by atoms with Gasteiger partial charge in [-0.1, -0.05) is 20.3 Å². The van der Waals surface area contributed by atoms with E-state index in [1.54, 1.807) is 12.4 Å². The van der Waals surface area contributed by atoms with E-state index in [1.165, 1.54) is 6.42 Å². The van der Waals surface area contributed by atoms with Gasteiger partial charge < -0.3 is 9.84 Å². The lowest BCUT2D eigenvalue weighted by Gasteiger charge is -2.36. The smallest absolute Gasteiger partial charge is 0.137 e. The third-order valence-corrected chi connectivity index (χ3v) is 4.23. The highest BCUT2D eigenvalue weighted by molar-refractivity contribution is 5.28. The van der Waals surface area contributed by atoms with Crippen LogP contribution in [0.15, 0.2) is 18.5 Å². The Morgan fingerprint density at radius 2 is 2.05 bits per heavy atom. The molecule has 1 fully saturated rings. The molecule has 1 aliphatic carbocycles. The zero-order chi connectivity index (χ0) is 13.7. The second-order valence-corrected chi connectivity index (χ2v) is 5.64. The van der Waals surface area contributed by atoms with Gasteiger partial charge in [-0.3, -0.25) is 4.98 Å². The molecule has 3 nitrogen and oxygen atoms in total. The van der Waals surface area contributed by atoms with Crippen LogP contribution in [0, 0.1) is 5.92 Å². The van der Waals surface area contributed by atoms with Gasteiger partial charge in [-0.05, 0) is 44.1 Å². The highest BCUT2D eigenvalue weighted by atomic mass is 16.5. The van der Waals surface area contributed by atoms with Gasteiger partial charge in [-0.25, -0.2) is 0 Å². The molecule has 0 spiro atoms. The summed E-state index contributed by atoms with van der Waals surface area (Å²) in [6.07, 6.45) is 9.58. The SMILES string of the molecule is CCCOc1cncc(C2(O)CCC(CC)CC2)c1. The van der Waals surface area contributed by atoms with Crippen molar-refractivity contribution in [3.05, 3.63) is 24.0 Å². The van der Waals surface area contributed by atoms with E-state index in [0.29, 0.717) is 6.61 Å². The highest BCUT2D eigenvalue weighted by Gasteiger charge is 2.34. The van der Waals surface area contributed by atoms with Gasteiger partial charge in [0.25, 0.3) is 0 Å². The Bertz CT molecular complexity index is 397. The largest absolute Gasteiger partial charge is 0.492 e. The summed E-state index contributed by atoms with van der Waals surface area (Å²) in [7, 11) is 0. The van der Waals surface area contributed by atoms with E-state index in [4.69, 9.17) is 4.74 Å². The van der Waals surface area contributed by atoms with E-state index in [-0.39, 0.29) is 0 Å². The van der Waals surface area contributed by atoms with Crippen molar-refractivity contribution < 1.29 is 9.84 Å². The van der Waals surface area contributed by atoms with E-state index in [9.17, 15) is 5.11 Å². The first-order valence-electron chi connectivity index (χ1n) is 7.48. The van der Waals surface area contributed by atoms with E-state index >= 15 is 0 Å². The molecule has 0 aromatic carbocycles. The molecule has 1 aromatic rings. The summed E-state index contributed by atoms with van der Waals surface area (Å²) in [6, 6.07) is 1.95. The molecule has 0 radical (unpaired) electrons. The molecule has 106 valence electrons. The topological polar surface area (TPSA) is 42.4 Å². The lowest BCUT2D eigenvalue weighted by atomic mass is 9.75. The highest BCUT2D eigenvalue weighted by Crippen LogP contribution is 2.40. The number of pyridine rings is 1. The minimum absolute atomic E-state index is 0.696. The average Bonchev–Trinajstić information content (AvgIpc) is 2.46. The minimum Gasteiger partial charge on any atom is -0.492 e. The maximum absolute atomic E-state index is 10.8. The fourth-order valence-corrected chi connectivity index (χ4v) is 2.82. The molecule has 0 atom stereocenters. The van der Waals surface area contributed by atoms with Gasteiger partial charge in [0, 0.05) is 11.8 Å². The fraction of sp³-hybridized carbons (Fsp3) is 0.688. The van der Waals surface area contributed by atoms with Crippen LogP contribution in [0.25, 0.3) is 0 Å². The summed E-state index contributed by atoms with van der Waals surface area (Å²) in [5, 5.41) is 10.8. The zero-order valence-corrected chi connectivity index (χ0v) is 12.1. The summed E-state index contributed by atoms with van der Waals surface area (Å²) < 4.78 is 5.60. The van der Waals surface area contributed by atoms with Gasteiger partial charge in [0.1, 0.15) is 5.75 Å². The van der Waals surface area contributed by atoms with Crippen LogP contribution in [-0.2, 0) is 5.60 Å².